The van der Waals surface area contributed by atoms with Crippen molar-refractivity contribution < 1.29 is 9.47 Å². The molecular weight excluding hydrogens is 250 g/mol. The van der Waals surface area contributed by atoms with Gasteiger partial charge in [0.15, 0.2) is 10.3 Å². The zero-order valence-electron chi connectivity index (χ0n) is 8.83. The van der Waals surface area contributed by atoms with E-state index in [1.54, 1.807) is 7.11 Å². The number of methoxy groups -OCH3 is 1. The maximum absolute atomic E-state index is 8.67. The van der Waals surface area contributed by atoms with E-state index in [2.05, 4.69) is 10.3 Å². The van der Waals surface area contributed by atoms with Gasteiger partial charge in [0.2, 0.25) is 0 Å². The fraction of sp³-hybridized carbons (Fsp3) is 0.556. The summed E-state index contributed by atoms with van der Waals surface area (Å²) in [6.45, 7) is 2.34. The molecule has 0 spiro atoms. The molecule has 1 N–H and O–H groups in total. The van der Waals surface area contributed by atoms with Crippen LogP contribution in [0, 0.1) is 11.3 Å². The highest BCUT2D eigenvalue weighted by molar-refractivity contribution is 7.16. The molecule has 0 aliphatic rings. The highest BCUT2D eigenvalue weighted by Crippen LogP contribution is 2.25. The molecule has 0 saturated carbocycles. The van der Waals surface area contributed by atoms with Gasteiger partial charge < -0.3 is 14.8 Å². The Morgan fingerprint density at radius 2 is 2.31 bits per heavy atom. The van der Waals surface area contributed by atoms with Gasteiger partial charge in [-0.05, 0) is 0 Å². The number of rotatable bonds is 7. The van der Waals surface area contributed by atoms with Crippen LogP contribution in [-0.4, -0.2) is 38.5 Å². The van der Waals surface area contributed by atoms with Crippen molar-refractivity contribution in [3.63, 3.8) is 0 Å². The topological polar surface area (TPSA) is 67.2 Å². The lowest BCUT2D eigenvalue weighted by Crippen LogP contribution is -2.11. The number of hydrogen-bond donors (Lipinski definition) is 1. The van der Waals surface area contributed by atoms with Gasteiger partial charge in [0, 0.05) is 13.7 Å². The molecule has 0 radical (unpaired) electrons. The summed E-state index contributed by atoms with van der Waals surface area (Å²) in [5.74, 6) is 0. The van der Waals surface area contributed by atoms with Gasteiger partial charge >= 0.3 is 0 Å². The first-order chi connectivity index (χ1) is 7.77. The highest BCUT2D eigenvalue weighted by Gasteiger charge is 2.07. The van der Waals surface area contributed by atoms with Gasteiger partial charge in [-0.3, -0.25) is 0 Å². The van der Waals surface area contributed by atoms with Gasteiger partial charge in [-0.2, -0.15) is 5.26 Å². The summed E-state index contributed by atoms with van der Waals surface area (Å²) >= 11 is 6.95. The number of nitrogens with zero attached hydrogens (tertiary/aromatic N) is 2. The molecule has 0 bridgehead atoms. The Balaban J connectivity index is 2.20. The summed E-state index contributed by atoms with van der Waals surface area (Å²) in [5.41, 5.74) is 0. The first-order valence-corrected chi connectivity index (χ1v) is 5.84. The molecular formula is C9H12ClN3O2S. The molecule has 16 heavy (non-hydrogen) atoms. The third-order valence-corrected chi connectivity index (χ3v) is 2.95. The molecule has 1 aromatic rings. The van der Waals surface area contributed by atoms with Crippen molar-refractivity contribution in [1.29, 1.82) is 5.26 Å². The summed E-state index contributed by atoms with van der Waals surface area (Å²) < 4.78 is 10.1. The largest absolute Gasteiger partial charge is 0.382 e. The van der Waals surface area contributed by atoms with Gasteiger partial charge in [-0.25, -0.2) is 4.98 Å². The lowest BCUT2D eigenvalue weighted by Gasteiger charge is -2.03. The second-order valence-electron chi connectivity index (χ2n) is 2.78. The maximum atomic E-state index is 8.67. The SMILES string of the molecule is COCCOCCNc1nc(Cl)c(C#N)s1. The minimum absolute atomic E-state index is 0.246. The lowest BCUT2D eigenvalue weighted by molar-refractivity contribution is 0.0759. The van der Waals surface area contributed by atoms with Crippen LogP contribution in [0.15, 0.2) is 0 Å². The van der Waals surface area contributed by atoms with Gasteiger partial charge in [0.1, 0.15) is 10.9 Å². The average molecular weight is 262 g/mol. The zero-order valence-corrected chi connectivity index (χ0v) is 10.4. The van der Waals surface area contributed by atoms with Crippen LogP contribution in [0.4, 0.5) is 5.13 Å². The fourth-order valence-corrected chi connectivity index (χ4v) is 1.89. The number of halogens is 1. The van der Waals surface area contributed by atoms with Crippen LogP contribution in [0.3, 0.4) is 0 Å². The predicted molar refractivity (Wildman–Crippen MR) is 63.0 cm³/mol. The number of aromatic nitrogens is 1. The second kappa shape index (κ2) is 7.41. The van der Waals surface area contributed by atoms with E-state index >= 15 is 0 Å². The van der Waals surface area contributed by atoms with E-state index in [1.165, 1.54) is 11.3 Å². The van der Waals surface area contributed by atoms with Crippen LogP contribution in [0.1, 0.15) is 4.88 Å². The Bertz CT molecular complexity index is 364. The second-order valence-corrected chi connectivity index (χ2v) is 4.14. The highest BCUT2D eigenvalue weighted by atomic mass is 35.5. The van der Waals surface area contributed by atoms with E-state index < -0.39 is 0 Å². The van der Waals surface area contributed by atoms with E-state index in [4.69, 9.17) is 26.3 Å². The van der Waals surface area contributed by atoms with Crippen molar-refractivity contribution in [2.75, 3.05) is 38.8 Å². The average Bonchev–Trinajstić information content (AvgIpc) is 2.64. The zero-order chi connectivity index (χ0) is 11.8. The smallest absolute Gasteiger partial charge is 0.185 e. The third kappa shape index (κ3) is 4.33. The summed E-state index contributed by atoms with van der Waals surface area (Å²) in [6.07, 6.45) is 0. The summed E-state index contributed by atoms with van der Waals surface area (Å²) in [6, 6.07) is 1.97. The van der Waals surface area contributed by atoms with Gasteiger partial charge in [0.05, 0.1) is 19.8 Å². The minimum atomic E-state index is 0.246. The molecule has 0 aromatic carbocycles. The molecule has 0 atom stereocenters. The van der Waals surface area contributed by atoms with Crippen LogP contribution in [0.5, 0.6) is 0 Å². The standard InChI is InChI=1S/C9H12ClN3O2S/c1-14-4-5-15-3-2-12-9-13-8(10)7(6-11)16-9/h2-5H2,1H3,(H,12,13). The molecule has 0 aliphatic heterocycles. The van der Waals surface area contributed by atoms with Crippen LogP contribution < -0.4 is 5.32 Å². The molecule has 88 valence electrons. The molecule has 0 saturated heterocycles. The lowest BCUT2D eigenvalue weighted by atomic mass is 10.6. The number of nitrogens with one attached hydrogen (secondary N) is 1. The Morgan fingerprint density at radius 3 is 2.94 bits per heavy atom. The predicted octanol–water partition coefficient (Wildman–Crippen LogP) is 1.74. The molecule has 0 fully saturated rings. The quantitative estimate of drug-likeness (QED) is 0.758. The molecule has 0 unspecified atom stereocenters. The first kappa shape index (κ1) is 13.2. The van der Waals surface area contributed by atoms with Crippen LogP contribution >= 0.6 is 22.9 Å². The van der Waals surface area contributed by atoms with Crippen molar-refractivity contribution >= 4 is 28.1 Å². The number of anilines is 1. The van der Waals surface area contributed by atoms with Crippen LogP contribution in [0.25, 0.3) is 0 Å². The van der Waals surface area contributed by atoms with E-state index in [0.29, 0.717) is 36.4 Å². The normalized spacial score (nSPS) is 10.1. The van der Waals surface area contributed by atoms with E-state index in [0.717, 1.165) is 0 Å². The van der Waals surface area contributed by atoms with Crippen molar-refractivity contribution in [1.82, 2.24) is 4.98 Å². The number of nitriles is 1. The summed E-state index contributed by atoms with van der Waals surface area (Å²) in [4.78, 5) is 4.41. The molecule has 5 nitrogen and oxygen atoms in total. The van der Waals surface area contributed by atoms with Crippen molar-refractivity contribution in [3.05, 3.63) is 10.0 Å². The van der Waals surface area contributed by atoms with Crippen LogP contribution in [0.2, 0.25) is 5.15 Å². The first-order valence-electron chi connectivity index (χ1n) is 4.65. The Morgan fingerprint density at radius 1 is 1.50 bits per heavy atom. The van der Waals surface area contributed by atoms with E-state index in [1.807, 2.05) is 6.07 Å². The van der Waals surface area contributed by atoms with Crippen LogP contribution in [-0.2, 0) is 9.47 Å². The van der Waals surface area contributed by atoms with Gasteiger partial charge in [0.25, 0.3) is 0 Å². The van der Waals surface area contributed by atoms with Crippen molar-refractivity contribution in [3.8, 4) is 6.07 Å². The molecule has 1 rings (SSSR count). The monoisotopic (exact) mass is 261 g/mol. The Labute approximate surface area is 103 Å². The van der Waals surface area contributed by atoms with E-state index in [-0.39, 0.29) is 5.15 Å². The molecule has 0 aliphatic carbocycles. The third-order valence-electron chi connectivity index (χ3n) is 1.64. The maximum Gasteiger partial charge on any atom is 0.185 e. The van der Waals surface area contributed by atoms with Crippen molar-refractivity contribution in [2.24, 2.45) is 0 Å². The number of ether oxygens (including phenoxy) is 2. The number of thiazole rings is 1. The molecule has 1 heterocycles. The minimum Gasteiger partial charge on any atom is -0.382 e. The fourth-order valence-electron chi connectivity index (χ4n) is 0.921. The molecule has 7 heteroatoms. The van der Waals surface area contributed by atoms with E-state index in [9.17, 15) is 0 Å². The van der Waals surface area contributed by atoms with Gasteiger partial charge in [-0.15, -0.1) is 0 Å². The number of hydrogen-bond acceptors (Lipinski definition) is 6. The molecule has 0 amide bonds. The van der Waals surface area contributed by atoms with Gasteiger partial charge in [-0.1, -0.05) is 22.9 Å². The summed E-state index contributed by atoms with van der Waals surface area (Å²) in [5, 5.41) is 12.6. The molecule has 1 aromatic heterocycles. The Kier molecular flexibility index (Phi) is 6.11. The Hall–Kier alpha value is -0.870. The summed E-state index contributed by atoms with van der Waals surface area (Å²) in [7, 11) is 1.63. The van der Waals surface area contributed by atoms with Crippen molar-refractivity contribution in [2.45, 2.75) is 0 Å².